The van der Waals surface area contributed by atoms with Gasteiger partial charge in [0, 0.05) is 25.2 Å². The molecular weight excluding hydrogens is 200 g/mol. The van der Waals surface area contributed by atoms with Crippen molar-refractivity contribution in [2.24, 2.45) is 11.8 Å². The van der Waals surface area contributed by atoms with Crippen LogP contribution < -0.4 is 10.1 Å². The maximum atomic E-state index is 5.31. The summed E-state index contributed by atoms with van der Waals surface area (Å²) in [5.74, 6) is 2.31. The molecule has 0 radical (unpaired) electrons. The summed E-state index contributed by atoms with van der Waals surface area (Å²) in [6.07, 6.45) is 4.31. The second-order valence-corrected chi connectivity index (χ2v) is 4.56. The second-order valence-electron chi connectivity index (χ2n) is 4.56. The van der Waals surface area contributed by atoms with Crippen LogP contribution in [0.3, 0.4) is 0 Å². The Labute approximate surface area is 95.5 Å². The molecule has 2 heterocycles. The number of fused-ring (bicyclic) bond motifs is 1. The van der Waals surface area contributed by atoms with Crippen LogP contribution in [0.2, 0.25) is 0 Å². The number of rotatable bonds is 2. The van der Waals surface area contributed by atoms with Crippen LogP contribution in [0, 0.1) is 18.8 Å². The van der Waals surface area contributed by atoms with Crippen molar-refractivity contribution in [3.63, 3.8) is 0 Å². The number of hydrogen-bond acceptors (Lipinski definition) is 3. The number of ether oxygens (including phenoxy) is 1. The molecule has 1 saturated heterocycles. The Kier molecular flexibility index (Phi) is 2.21. The molecule has 0 bridgehead atoms. The maximum Gasteiger partial charge on any atom is 0.140 e. The number of nitrogens with one attached hydrogen (secondary N) is 1. The molecule has 16 heavy (non-hydrogen) atoms. The van der Waals surface area contributed by atoms with E-state index >= 15 is 0 Å². The fourth-order valence-electron chi connectivity index (χ4n) is 2.64. The van der Waals surface area contributed by atoms with Crippen molar-refractivity contribution in [2.45, 2.75) is 6.92 Å². The quantitative estimate of drug-likeness (QED) is 0.816. The summed E-state index contributed by atoms with van der Waals surface area (Å²) in [5.41, 5.74) is 3.60. The molecule has 2 unspecified atom stereocenters. The van der Waals surface area contributed by atoms with Gasteiger partial charge in [-0.15, -0.1) is 0 Å². The van der Waals surface area contributed by atoms with Crippen molar-refractivity contribution in [3.05, 3.63) is 29.6 Å². The van der Waals surface area contributed by atoms with Crippen molar-refractivity contribution in [1.82, 2.24) is 10.3 Å². The third-order valence-corrected chi connectivity index (χ3v) is 3.65. The van der Waals surface area contributed by atoms with Gasteiger partial charge in [0.2, 0.25) is 0 Å². The molecule has 0 saturated carbocycles. The highest BCUT2D eigenvalue weighted by Crippen LogP contribution is 2.42. The monoisotopic (exact) mass is 216 g/mol. The molecule has 1 aromatic rings. The van der Waals surface area contributed by atoms with Gasteiger partial charge in [-0.1, -0.05) is 6.08 Å². The first kappa shape index (κ1) is 9.85. The minimum absolute atomic E-state index is 0.689. The molecule has 0 aromatic carbocycles. The van der Waals surface area contributed by atoms with E-state index in [4.69, 9.17) is 4.74 Å². The van der Waals surface area contributed by atoms with E-state index in [9.17, 15) is 0 Å². The van der Waals surface area contributed by atoms with E-state index in [0.29, 0.717) is 5.92 Å². The smallest absolute Gasteiger partial charge is 0.140 e. The molecule has 1 aliphatic heterocycles. The molecule has 1 aliphatic carbocycles. The SMILES string of the molecule is COc1cc(C2=CC3CNCC23)cnc1C. The van der Waals surface area contributed by atoms with E-state index in [1.54, 1.807) is 7.11 Å². The molecule has 84 valence electrons. The summed E-state index contributed by atoms with van der Waals surface area (Å²) < 4.78 is 5.31. The normalized spacial score (nSPS) is 27.0. The van der Waals surface area contributed by atoms with Gasteiger partial charge in [0.25, 0.3) is 0 Å². The molecule has 3 nitrogen and oxygen atoms in total. The largest absolute Gasteiger partial charge is 0.495 e. The molecule has 3 heteroatoms. The Balaban J connectivity index is 1.93. The fourth-order valence-corrected chi connectivity index (χ4v) is 2.64. The van der Waals surface area contributed by atoms with Crippen LogP contribution >= 0.6 is 0 Å². The Morgan fingerprint density at radius 2 is 2.31 bits per heavy atom. The van der Waals surface area contributed by atoms with Gasteiger partial charge in [0.1, 0.15) is 5.75 Å². The highest BCUT2D eigenvalue weighted by molar-refractivity contribution is 5.74. The van der Waals surface area contributed by atoms with Crippen molar-refractivity contribution < 1.29 is 4.74 Å². The summed E-state index contributed by atoms with van der Waals surface area (Å²) in [4.78, 5) is 4.38. The lowest BCUT2D eigenvalue weighted by atomic mass is 9.74. The zero-order valence-corrected chi connectivity index (χ0v) is 9.66. The molecule has 3 rings (SSSR count). The Hall–Kier alpha value is -1.35. The molecule has 2 aliphatic rings. The summed E-state index contributed by atoms with van der Waals surface area (Å²) in [6, 6.07) is 2.10. The molecule has 1 aromatic heterocycles. The van der Waals surface area contributed by atoms with E-state index in [1.807, 2.05) is 13.1 Å². The summed E-state index contributed by atoms with van der Waals surface area (Å²) in [7, 11) is 1.70. The first-order valence-electron chi connectivity index (χ1n) is 5.73. The van der Waals surface area contributed by atoms with Gasteiger partial charge in [-0.3, -0.25) is 4.98 Å². The molecule has 1 N–H and O–H groups in total. The van der Waals surface area contributed by atoms with E-state index < -0.39 is 0 Å². The van der Waals surface area contributed by atoms with Crippen LogP contribution in [-0.2, 0) is 0 Å². The van der Waals surface area contributed by atoms with Gasteiger partial charge in [0.15, 0.2) is 0 Å². The van der Waals surface area contributed by atoms with Gasteiger partial charge >= 0.3 is 0 Å². The number of aromatic nitrogens is 1. The highest BCUT2D eigenvalue weighted by Gasteiger charge is 2.36. The van der Waals surface area contributed by atoms with Gasteiger partial charge in [-0.2, -0.15) is 0 Å². The summed E-state index contributed by atoms with van der Waals surface area (Å²) in [5, 5.41) is 3.42. The van der Waals surface area contributed by atoms with Crippen LogP contribution in [-0.4, -0.2) is 25.2 Å². The molecular formula is C13H16N2O. The standard InChI is InChI=1S/C13H16N2O/c1-8-13(16-2)4-10(6-15-8)11-3-9-5-14-7-12(9)11/h3-4,6,9,12,14H,5,7H2,1-2H3. The second kappa shape index (κ2) is 3.59. The van der Waals surface area contributed by atoms with Crippen LogP contribution in [0.1, 0.15) is 11.3 Å². The number of hydrogen-bond donors (Lipinski definition) is 1. The van der Waals surface area contributed by atoms with Gasteiger partial charge in [-0.05, 0) is 30.0 Å². The number of aryl methyl sites for hydroxylation is 1. The first-order chi connectivity index (χ1) is 7.79. The average molecular weight is 216 g/mol. The van der Waals surface area contributed by atoms with Crippen LogP contribution in [0.5, 0.6) is 5.75 Å². The maximum absolute atomic E-state index is 5.31. The zero-order valence-electron chi connectivity index (χ0n) is 9.66. The molecule has 0 amide bonds. The number of methoxy groups -OCH3 is 1. The minimum Gasteiger partial charge on any atom is -0.495 e. The lowest BCUT2D eigenvalue weighted by molar-refractivity contribution is 0.409. The molecule has 2 atom stereocenters. The molecule has 0 spiro atoms. The fraction of sp³-hybridized carbons (Fsp3) is 0.462. The van der Waals surface area contributed by atoms with Gasteiger partial charge < -0.3 is 10.1 Å². The zero-order chi connectivity index (χ0) is 11.1. The number of nitrogens with zero attached hydrogens (tertiary/aromatic N) is 1. The Bertz CT molecular complexity index is 453. The van der Waals surface area contributed by atoms with Crippen molar-refractivity contribution >= 4 is 5.57 Å². The third-order valence-electron chi connectivity index (χ3n) is 3.65. The summed E-state index contributed by atoms with van der Waals surface area (Å²) in [6.45, 7) is 4.20. The van der Waals surface area contributed by atoms with Gasteiger partial charge in [-0.25, -0.2) is 0 Å². The van der Waals surface area contributed by atoms with Crippen molar-refractivity contribution in [2.75, 3.05) is 20.2 Å². The highest BCUT2D eigenvalue weighted by atomic mass is 16.5. The predicted molar refractivity (Wildman–Crippen MR) is 63.4 cm³/mol. The van der Waals surface area contributed by atoms with E-state index in [1.165, 1.54) is 11.1 Å². The van der Waals surface area contributed by atoms with Gasteiger partial charge in [0.05, 0.1) is 12.8 Å². The van der Waals surface area contributed by atoms with Crippen LogP contribution in [0.25, 0.3) is 5.57 Å². The van der Waals surface area contributed by atoms with E-state index in [0.717, 1.165) is 30.5 Å². The summed E-state index contributed by atoms with van der Waals surface area (Å²) >= 11 is 0. The lowest BCUT2D eigenvalue weighted by Gasteiger charge is -2.29. The Morgan fingerprint density at radius 1 is 1.44 bits per heavy atom. The van der Waals surface area contributed by atoms with Crippen molar-refractivity contribution in [1.29, 1.82) is 0 Å². The van der Waals surface area contributed by atoms with E-state index in [2.05, 4.69) is 22.4 Å². The van der Waals surface area contributed by atoms with Crippen LogP contribution in [0.4, 0.5) is 0 Å². The van der Waals surface area contributed by atoms with Crippen molar-refractivity contribution in [3.8, 4) is 5.75 Å². The topological polar surface area (TPSA) is 34.1 Å². The minimum atomic E-state index is 0.689. The first-order valence-corrected chi connectivity index (χ1v) is 5.73. The van der Waals surface area contributed by atoms with E-state index in [-0.39, 0.29) is 0 Å². The number of pyridine rings is 1. The molecule has 1 fully saturated rings. The average Bonchev–Trinajstić information content (AvgIpc) is 2.63. The third kappa shape index (κ3) is 1.35. The predicted octanol–water partition coefficient (Wildman–Crippen LogP) is 1.63. The van der Waals surface area contributed by atoms with Crippen LogP contribution in [0.15, 0.2) is 18.3 Å². The lowest BCUT2D eigenvalue weighted by Crippen LogP contribution is -2.22. The Morgan fingerprint density at radius 3 is 3.06 bits per heavy atom.